The van der Waals surface area contributed by atoms with E-state index in [4.69, 9.17) is 10.3 Å². The van der Waals surface area contributed by atoms with Crippen LogP contribution in [0.15, 0.2) is 57.5 Å². The molecule has 0 saturated carbocycles. The quantitative estimate of drug-likeness (QED) is 0.744. The van der Waals surface area contributed by atoms with E-state index in [-0.39, 0.29) is 0 Å². The standard InChI is InChI=1S/C15H12BrN3O/c16-12-6-4-10(5-7-12)8-14-18-15(19-20-14)11-2-1-3-13(17)9-11/h1-7,9H,8,17H2. The van der Waals surface area contributed by atoms with Crippen LogP contribution in [-0.2, 0) is 6.42 Å². The molecule has 0 fully saturated rings. The summed E-state index contributed by atoms with van der Waals surface area (Å²) in [6, 6.07) is 15.5. The number of hydrogen-bond acceptors (Lipinski definition) is 4. The van der Waals surface area contributed by atoms with Gasteiger partial charge in [0.25, 0.3) is 0 Å². The molecular weight excluding hydrogens is 318 g/mol. The zero-order valence-corrected chi connectivity index (χ0v) is 12.2. The molecule has 20 heavy (non-hydrogen) atoms. The van der Waals surface area contributed by atoms with E-state index >= 15 is 0 Å². The maximum atomic E-state index is 5.75. The summed E-state index contributed by atoms with van der Waals surface area (Å²) in [4.78, 5) is 4.39. The monoisotopic (exact) mass is 329 g/mol. The molecular formula is C15H12BrN3O. The van der Waals surface area contributed by atoms with Crippen molar-refractivity contribution in [2.75, 3.05) is 5.73 Å². The molecule has 0 unspecified atom stereocenters. The Morgan fingerprint density at radius 3 is 2.65 bits per heavy atom. The van der Waals surface area contributed by atoms with Crippen molar-refractivity contribution >= 4 is 21.6 Å². The molecule has 0 atom stereocenters. The molecule has 100 valence electrons. The summed E-state index contributed by atoms with van der Waals surface area (Å²) in [5.74, 6) is 1.15. The summed E-state index contributed by atoms with van der Waals surface area (Å²) in [6.45, 7) is 0. The van der Waals surface area contributed by atoms with Gasteiger partial charge in [0.15, 0.2) is 0 Å². The van der Waals surface area contributed by atoms with Crippen molar-refractivity contribution in [3.63, 3.8) is 0 Å². The molecule has 0 aliphatic heterocycles. The second-order valence-corrected chi connectivity index (χ2v) is 5.36. The van der Waals surface area contributed by atoms with Gasteiger partial charge in [0.2, 0.25) is 11.7 Å². The van der Waals surface area contributed by atoms with Gasteiger partial charge in [-0.25, -0.2) is 0 Å². The van der Waals surface area contributed by atoms with E-state index in [0.717, 1.165) is 15.6 Å². The van der Waals surface area contributed by atoms with Crippen molar-refractivity contribution in [3.8, 4) is 11.4 Å². The molecule has 0 amide bonds. The van der Waals surface area contributed by atoms with E-state index in [1.54, 1.807) is 0 Å². The highest BCUT2D eigenvalue weighted by atomic mass is 79.9. The van der Waals surface area contributed by atoms with Crippen LogP contribution in [0.1, 0.15) is 11.5 Å². The van der Waals surface area contributed by atoms with Gasteiger partial charge < -0.3 is 10.3 Å². The van der Waals surface area contributed by atoms with E-state index in [2.05, 4.69) is 26.1 Å². The van der Waals surface area contributed by atoms with E-state index in [1.165, 1.54) is 0 Å². The Hall–Kier alpha value is -2.14. The minimum atomic E-state index is 0.560. The molecule has 0 bridgehead atoms. The molecule has 3 rings (SSSR count). The van der Waals surface area contributed by atoms with Crippen molar-refractivity contribution < 1.29 is 4.52 Å². The van der Waals surface area contributed by atoms with Gasteiger partial charge in [0, 0.05) is 15.7 Å². The third kappa shape index (κ3) is 2.88. The molecule has 0 radical (unpaired) electrons. The molecule has 5 heteroatoms. The largest absolute Gasteiger partial charge is 0.399 e. The van der Waals surface area contributed by atoms with Crippen LogP contribution in [0.3, 0.4) is 0 Å². The summed E-state index contributed by atoms with van der Waals surface area (Å²) in [5, 5.41) is 3.99. The topological polar surface area (TPSA) is 64.9 Å². The molecule has 1 aromatic heterocycles. The Kier molecular flexibility index (Phi) is 3.52. The number of nitrogens with zero attached hydrogens (tertiary/aromatic N) is 2. The Labute approximate surface area is 124 Å². The zero-order valence-electron chi connectivity index (χ0n) is 10.6. The lowest BCUT2D eigenvalue weighted by Gasteiger charge is -1.97. The fourth-order valence-electron chi connectivity index (χ4n) is 1.90. The minimum Gasteiger partial charge on any atom is -0.399 e. The number of rotatable bonds is 3. The first-order valence-electron chi connectivity index (χ1n) is 6.14. The fraction of sp³-hybridized carbons (Fsp3) is 0.0667. The molecule has 0 aliphatic carbocycles. The van der Waals surface area contributed by atoms with Crippen LogP contribution >= 0.6 is 15.9 Å². The maximum Gasteiger partial charge on any atom is 0.231 e. The van der Waals surface area contributed by atoms with Crippen LogP contribution in [-0.4, -0.2) is 10.1 Å². The van der Waals surface area contributed by atoms with Gasteiger partial charge >= 0.3 is 0 Å². The highest BCUT2D eigenvalue weighted by Gasteiger charge is 2.09. The van der Waals surface area contributed by atoms with Gasteiger partial charge in [0.05, 0.1) is 6.42 Å². The lowest BCUT2D eigenvalue weighted by Crippen LogP contribution is -1.89. The maximum absolute atomic E-state index is 5.75. The number of hydrogen-bond donors (Lipinski definition) is 1. The molecule has 1 heterocycles. The summed E-state index contributed by atoms with van der Waals surface area (Å²) < 4.78 is 6.33. The van der Waals surface area contributed by atoms with Crippen molar-refractivity contribution in [1.29, 1.82) is 0 Å². The third-order valence-corrected chi connectivity index (χ3v) is 3.41. The summed E-state index contributed by atoms with van der Waals surface area (Å²) in [6.07, 6.45) is 0.614. The summed E-state index contributed by atoms with van der Waals surface area (Å²) in [5.41, 5.74) is 8.41. The van der Waals surface area contributed by atoms with Crippen LogP contribution in [0.2, 0.25) is 0 Å². The van der Waals surface area contributed by atoms with Crippen molar-refractivity contribution in [1.82, 2.24) is 10.1 Å². The number of nitrogens with two attached hydrogens (primary N) is 1. The van der Waals surface area contributed by atoms with E-state index < -0.39 is 0 Å². The SMILES string of the molecule is Nc1cccc(-c2noc(Cc3ccc(Br)cc3)n2)c1. The van der Waals surface area contributed by atoms with Crippen molar-refractivity contribution in [2.45, 2.75) is 6.42 Å². The number of benzene rings is 2. The predicted molar refractivity (Wildman–Crippen MR) is 81.1 cm³/mol. The number of anilines is 1. The van der Waals surface area contributed by atoms with Gasteiger partial charge in [-0.2, -0.15) is 4.98 Å². The Bertz CT molecular complexity index is 722. The second kappa shape index (κ2) is 5.46. The van der Waals surface area contributed by atoms with Gasteiger partial charge in [-0.1, -0.05) is 45.4 Å². The van der Waals surface area contributed by atoms with Crippen molar-refractivity contribution in [3.05, 3.63) is 64.5 Å². The highest BCUT2D eigenvalue weighted by Crippen LogP contribution is 2.19. The predicted octanol–water partition coefficient (Wildman–Crippen LogP) is 3.67. The molecule has 0 saturated heterocycles. The van der Waals surface area contributed by atoms with E-state index in [1.807, 2.05) is 48.5 Å². The Balaban J connectivity index is 1.82. The molecule has 3 aromatic rings. The number of nitrogen functional groups attached to an aromatic ring is 1. The lowest BCUT2D eigenvalue weighted by atomic mass is 10.1. The normalized spacial score (nSPS) is 10.7. The summed E-state index contributed by atoms with van der Waals surface area (Å²) >= 11 is 3.41. The van der Waals surface area contributed by atoms with Crippen molar-refractivity contribution in [2.24, 2.45) is 0 Å². The van der Waals surface area contributed by atoms with Crippen LogP contribution in [0, 0.1) is 0 Å². The molecule has 2 aromatic carbocycles. The van der Waals surface area contributed by atoms with Gasteiger partial charge in [-0.05, 0) is 29.8 Å². The van der Waals surface area contributed by atoms with Crippen LogP contribution in [0.5, 0.6) is 0 Å². The minimum absolute atomic E-state index is 0.560. The number of aromatic nitrogens is 2. The Morgan fingerprint density at radius 1 is 1.10 bits per heavy atom. The van der Waals surface area contributed by atoms with Gasteiger partial charge in [0.1, 0.15) is 0 Å². The first kappa shape index (κ1) is 12.9. The summed E-state index contributed by atoms with van der Waals surface area (Å²) in [7, 11) is 0. The molecule has 0 spiro atoms. The molecule has 0 aliphatic rings. The van der Waals surface area contributed by atoms with Crippen LogP contribution < -0.4 is 5.73 Å². The molecule has 4 nitrogen and oxygen atoms in total. The van der Waals surface area contributed by atoms with Crippen LogP contribution in [0.25, 0.3) is 11.4 Å². The second-order valence-electron chi connectivity index (χ2n) is 4.44. The van der Waals surface area contributed by atoms with Crippen LogP contribution in [0.4, 0.5) is 5.69 Å². The van der Waals surface area contributed by atoms with Gasteiger partial charge in [-0.3, -0.25) is 0 Å². The average molecular weight is 330 g/mol. The average Bonchev–Trinajstić information content (AvgIpc) is 2.90. The highest BCUT2D eigenvalue weighted by molar-refractivity contribution is 9.10. The van der Waals surface area contributed by atoms with E-state index in [9.17, 15) is 0 Å². The van der Waals surface area contributed by atoms with Gasteiger partial charge in [-0.15, -0.1) is 0 Å². The lowest BCUT2D eigenvalue weighted by molar-refractivity contribution is 0.385. The first-order chi connectivity index (χ1) is 9.70. The zero-order chi connectivity index (χ0) is 13.9. The van der Waals surface area contributed by atoms with E-state index in [0.29, 0.717) is 23.8 Å². The first-order valence-corrected chi connectivity index (χ1v) is 6.93. The Morgan fingerprint density at radius 2 is 1.90 bits per heavy atom. The smallest absolute Gasteiger partial charge is 0.231 e. The fourth-order valence-corrected chi connectivity index (χ4v) is 2.16. The number of halogens is 1. The molecule has 2 N–H and O–H groups in total. The third-order valence-electron chi connectivity index (χ3n) is 2.88.